The summed E-state index contributed by atoms with van der Waals surface area (Å²) in [6, 6.07) is 16.5. The molecular formula is C23H27N3O. The minimum Gasteiger partial charge on any atom is -0.371 e. The van der Waals surface area contributed by atoms with E-state index in [1.165, 1.54) is 5.56 Å². The molecule has 2 aromatic carbocycles. The number of nitrogens with one attached hydrogen (secondary N) is 1. The van der Waals surface area contributed by atoms with Gasteiger partial charge in [0, 0.05) is 38.4 Å². The van der Waals surface area contributed by atoms with Crippen LogP contribution < -0.4 is 5.32 Å². The molecule has 0 spiro atoms. The van der Waals surface area contributed by atoms with Crippen molar-refractivity contribution < 1.29 is 4.79 Å². The van der Waals surface area contributed by atoms with Gasteiger partial charge in [-0.25, -0.2) is 0 Å². The molecule has 0 aliphatic carbocycles. The zero-order chi connectivity index (χ0) is 18.6. The standard InChI is InChI=1S/C23H27N3O/c1-2-25-11-13-26(14-12-25)16-18-7-9-19(10-8-18)22-15-20-5-3-4-6-21(20)23(17-27)24-22/h3-10,15,17,23-24H,2,11-14,16H2,1H3. The van der Waals surface area contributed by atoms with E-state index in [0.29, 0.717) is 0 Å². The third-order valence-corrected chi connectivity index (χ3v) is 5.66. The lowest BCUT2D eigenvalue weighted by molar-refractivity contribution is -0.109. The Hall–Kier alpha value is -2.43. The molecule has 1 fully saturated rings. The summed E-state index contributed by atoms with van der Waals surface area (Å²) >= 11 is 0. The molecule has 140 valence electrons. The van der Waals surface area contributed by atoms with Gasteiger partial charge in [-0.1, -0.05) is 55.5 Å². The van der Waals surface area contributed by atoms with Crippen LogP contribution in [0.3, 0.4) is 0 Å². The van der Waals surface area contributed by atoms with Crippen LogP contribution in [-0.4, -0.2) is 48.8 Å². The predicted octanol–water partition coefficient (Wildman–Crippen LogP) is 3.17. The van der Waals surface area contributed by atoms with Crippen LogP contribution in [0.2, 0.25) is 0 Å². The third kappa shape index (κ3) is 3.97. The van der Waals surface area contributed by atoms with Crippen molar-refractivity contribution in [2.75, 3.05) is 32.7 Å². The van der Waals surface area contributed by atoms with E-state index >= 15 is 0 Å². The Balaban J connectivity index is 1.47. The molecule has 4 heteroatoms. The van der Waals surface area contributed by atoms with E-state index in [-0.39, 0.29) is 6.04 Å². The van der Waals surface area contributed by atoms with E-state index < -0.39 is 0 Å². The lowest BCUT2D eigenvalue weighted by Crippen LogP contribution is -2.45. The van der Waals surface area contributed by atoms with Crippen LogP contribution in [0.25, 0.3) is 11.8 Å². The molecule has 0 bridgehead atoms. The van der Waals surface area contributed by atoms with Gasteiger partial charge in [0.25, 0.3) is 0 Å². The highest BCUT2D eigenvalue weighted by Gasteiger charge is 2.20. The Kier molecular flexibility index (Phi) is 5.37. The molecule has 27 heavy (non-hydrogen) atoms. The number of aldehydes is 1. The van der Waals surface area contributed by atoms with E-state index in [4.69, 9.17) is 0 Å². The molecule has 2 aliphatic rings. The number of piperazine rings is 1. The van der Waals surface area contributed by atoms with Crippen LogP contribution in [-0.2, 0) is 11.3 Å². The van der Waals surface area contributed by atoms with Crippen molar-refractivity contribution in [3.8, 4) is 0 Å². The topological polar surface area (TPSA) is 35.6 Å². The molecule has 4 rings (SSSR count). The van der Waals surface area contributed by atoms with E-state index in [1.54, 1.807) is 0 Å². The van der Waals surface area contributed by atoms with Crippen molar-refractivity contribution in [1.82, 2.24) is 15.1 Å². The lowest BCUT2D eigenvalue weighted by atomic mass is 9.94. The van der Waals surface area contributed by atoms with E-state index in [2.05, 4.69) is 58.4 Å². The number of hydrogen-bond donors (Lipinski definition) is 1. The quantitative estimate of drug-likeness (QED) is 0.830. The molecule has 0 aromatic heterocycles. The largest absolute Gasteiger partial charge is 0.371 e. The summed E-state index contributed by atoms with van der Waals surface area (Å²) in [5.74, 6) is 0. The summed E-state index contributed by atoms with van der Waals surface area (Å²) in [6.07, 6.45) is 3.12. The van der Waals surface area contributed by atoms with Crippen LogP contribution in [0.15, 0.2) is 48.5 Å². The molecule has 2 aromatic rings. The molecular weight excluding hydrogens is 334 g/mol. The van der Waals surface area contributed by atoms with Gasteiger partial charge in [0.05, 0.1) is 0 Å². The summed E-state index contributed by atoms with van der Waals surface area (Å²) in [6.45, 7) is 8.99. The zero-order valence-corrected chi connectivity index (χ0v) is 15.9. The number of benzene rings is 2. The van der Waals surface area contributed by atoms with Gasteiger partial charge >= 0.3 is 0 Å². The maximum atomic E-state index is 11.5. The average Bonchev–Trinajstić information content (AvgIpc) is 2.74. The molecule has 2 heterocycles. The first-order valence-corrected chi connectivity index (χ1v) is 9.83. The van der Waals surface area contributed by atoms with Crippen molar-refractivity contribution in [2.24, 2.45) is 0 Å². The summed E-state index contributed by atoms with van der Waals surface area (Å²) in [4.78, 5) is 16.5. The molecule has 1 N–H and O–H groups in total. The van der Waals surface area contributed by atoms with Crippen LogP contribution in [0, 0.1) is 0 Å². The van der Waals surface area contributed by atoms with Crippen LogP contribution >= 0.6 is 0 Å². The Morgan fingerprint density at radius 1 is 1.00 bits per heavy atom. The fourth-order valence-electron chi connectivity index (χ4n) is 3.95. The van der Waals surface area contributed by atoms with E-state index in [9.17, 15) is 4.79 Å². The second kappa shape index (κ2) is 8.07. The highest BCUT2D eigenvalue weighted by atomic mass is 16.1. The van der Waals surface area contributed by atoms with Gasteiger partial charge in [0.15, 0.2) is 0 Å². The molecule has 1 atom stereocenters. The average molecular weight is 361 g/mol. The van der Waals surface area contributed by atoms with Crippen molar-refractivity contribution in [3.63, 3.8) is 0 Å². The second-order valence-electron chi connectivity index (χ2n) is 7.35. The summed E-state index contributed by atoms with van der Waals surface area (Å²) in [7, 11) is 0. The fraction of sp³-hybridized carbons (Fsp3) is 0.348. The van der Waals surface area contributed by atoms with Gasteiger partial charge in [-0.2, -0.15) is 0 Å². The first-order valence-electron chi connectivity index (χ1n) is 9.83. The van der Waals surface area contributed by atoms with Gasteiger partial charge in [0.1, 0.15) is 12.3 Å². The number of nitrogens with zero attached hydrogens (tertiary/aromatic N) is 2. The van der Waals surface area contributed by atoms with Gasteiger partial charge < -0.3 is 15.0 Å². The summed E-state index contributed by atoms with van der Waals surface area (Å²) < 4.78 is 0. The maximum absolute atomic E-state index is 11.5. The normalized spacial score (nSPS) is 20.5. The number of rotatable bonds is 5. The van der Waals surface area contributed by atoms with Crippen LogP contribution in [0.4, 0.5) is 0 Å². The van der Waals surface area contributed by atoms with Gasteiger partial charge in [-0.3, -0.25) is 4.90 Å². The Labute approximate surface area is 161 Å². The molecule has 1 unspecified atom stereocenters. The molecule has 4 nitrogen and oxygen atoms in total. The van der Waals surface area contributed by atoms with Gasteiger partial charge in [0.2, 0.25) is 0 Å². The first kappa shape index (κ1) is 18.0. The van der Waals surface area contributed by atoms with Crippen molar-refractivity contribution in [3.05, 3.63) is 70.8 Å². The molecule has 0 saturated carbocycles. The minimum atomic E-state index is -0.282. The minimum absolute atomic E-state index is 0.282. The molecule has 1 saturated heterocycles. The number of carbonyl (C=O) groups excluding carboxylic acids is 1. The summed E-state index contributed by atoms with van der Waals surface area (Å²) in [5, 5.41) is 3.36. The predicted molar refractivity (Wildman–Crippen MR) is 110 cm³/mol. The molecule has 0 amide bonds. The highest BCUT2D eigenvalue weighted by Crippen LogP contribution is 2.29. The van der Waals surface area contributed by atoms with Crippen molar-refractivity contribution in [2.45, 2.75) is 19.5 Å². The molecule has 0 radical (unpaired) electrons. The first-order chi connectivity index (χ1) is 13.3. The molecule has 2 aliphatic heterocycles. The van der Waals surface area contributed by atoms with Gasteiger partial charge in [-0.15, -0.1) is 0 Å². The fourth-order valence-corrected chi connectivity index (χ4v) is 3.95. The Bertz CT molecular complexity index is 820. The number of fused-ring (bicyclic) bond motifs is 1. The van der Waals surface area contributed by atoms with Crippen molar-refractivity contribution in [1.29, 1.82) is 0 Å². The third-order valence-electron chi connectivity index (χ3n) is 5.66. The maximum Gasteiger partial charge on any atom is 0.146 e. The van der Waals surface area contributed by atoms with Crippen molar-refractivity contribution >= 4 is 18.1 Å². The van der Waals surface area contributed by atoms with Gasteiger partial charge in [-0.05, 0) is 34.9 Å². The second-order valence-corrected chi connectivity index (χ2v) is 7.35. The summed E-state index contributed by atoms with van der Waals surface area (Å²) in [5.41, 5.74) is 5.62. The Morgan fingerprint density at radius 2 is 1.70 bits per heavy atom. The highest BCUT2D eigenvalue weighted by molar-refractivity contribution is 5.87. The van der Waals surface area contributed by atoms with Crippen LogP contribution in [0.1, 0.15) is 35.2 Å². The monoisotopic (exact) mass is 361 g/mol. The van der Waals surface area contributed by atoms with E-state index in [1.807, 2.05) is 18.2 Å². The number of likely N-dealkylation sites (N-methyl/N-ethyl adjacent to an activating group) is 1. The number of hydrogen-bond acceptors (Lipinski definition) is 4. The smallest absolute Gasteiger partial charge is 0.146 e. The Morgan fingerprint density at radius 3 is 2.41 bits per heavy atom. The number of carbonyl (C=O) groups is 1. The zero-order valence-electron chi connectivity index (χ0n) is 15.9. The van der Waals surface area contributed by atoms with E-state index in [0.717, 1.165) is 67.9 Å². The SMILES string of the molecule is CCN1CCN(Cc2ccc(C3=Cc4ccccc4C(C=O)N3)cc2)CC1. The lowest BCUT2D eigenvalue weighted by Gasteiger charge is -2.34. The van der Waals surface area contributed by atoms with Crippen LogP contribution in [0.5, 0.6) is 0 Å².